The van der Waals surface area contributed by atoms with E-state index in [-0.39, 0.29) is 0 Å². The van der Waals surface area contributed by atoms with Gasteiger partial charge in [-0.15, -0.1) is 0 Å². The zero-order valence-electron chi connectivity index (χ0n) is 19.1. The highest BCUT2D eigenvalue weighted by atomic mass is 19.4. The third kappa shape index (κ3) is 6.45. The van der Waals surface area contributed by atoms with Gasteiger partial charge in [0, 0.05) is 18.2 Å². The predicted octanol–water partition coefficient (Wildman–Crippen LogP) is 6.34. The number of hydrogen-bond donors (Lipinski definition) is 3. The number of alkyl halides is 3. The number of nitrogens with zero attached hydrogens (tertiary/aromatic N) is 1. The van der Waals surface area contributed by atoms with Crippen molar-refractivity contribution in [2.75, 3.05) is 0 Å². The quantitative estimate of drug-likeness (QED) is 0.319. The average Bonchev–Trinajstić information content (AvgIpc) is 3.24. The molecular weight excluding hydrogens is 443 g/mol. The number of carboxylic acid groups (broad SMARTS) is 1. The smallest absolute Gasteiger partial charge is 0.475 e. The van der Waals surface area contributed by atoms with E-state index in [1.807, 2.05) is 0 Å². The molecule has 0 aliphatic rings. The molecule has 5 nitrogen and oxygen atoms in total. The minimum absolute atomic E-state index is 0.499. The van der Waals surface area contributed by atoms with Crippen LogP contribution >= 0.6 is 0 Å². The number of rotatable bonds is 5. The van der Waals surface area contributed by atoms with Gasteiger partial charge in [0.2, 0.25) is 0 Å². The first-order valence-electron chi connectivity index (χ1n) is 10.7. The summed E-state index contributed by atoms with van der Waals surface area (Å²) in [5.74, 6) is -1.84. The highest BCUT2D eigenvalue weighted by molar-refractivity contribution is 5.82. The number of aliphatic carboxylic acids is 1. The molecule has 0 bridgehead atoms. The fourth-order valence-electron chi connectivity index (χ4n) is 3.27. The Morgan fingerprint density at radius 1 is 0.971 bits per heavy atom. The Kier molecular flexibility index (Phi) is 7.73. The number of para-hydroxylation sites is 1. The van der Waals surface area contributed by atoms with E-state index in [0.717, 1.165) is 29.0 Å². The van der Waals surface area contributed by atoms with Crippen molar-refractivity contribution in [1.82, 2.24) is 15.3 Å². The van der Waals surface area contributed by atoms with E-state index in [4.69, 9.17) is 14.9 Å². The Bertz CT molecular complexity index is 1250. The summed E-state index contributed by atoms with van der Waals surface area (Å²) in [5, 5.41) is 10.6. The monoisotopic (exact) mass is 469 g/mol. The number of benzene rings is 3. The third-order valence-corrected chi connectivity index (χ3v) is 5.12. The van der Waals surface area contributed by atoms with Crippen LogP contribution in [0.3, 0.4) is 0 Å². The summed E-state index contributed by atoms with van der Waals surface area (Å²) in [6.07, 6.45) is -5.08. The van der Waals surface area contributed by atoms with Crippen molar-refractivity contribution in [3.8, 4) is 22.5 Å². The molecule has 0 atom stereocenters. The van der Waals surface area contributed by atoms with Crippen LogP contribution in [0.2, 0.25) is 0 Å². The molecule has 1 heterocycles. The van der Waals surface area contributed by atoms with Crippen LogP contribution in [0.15, 0.2) is 66.7 Å². The van der Waals surface area contributed by atoms with Crippen molar-refractivity contribution >= 4 is 17.0 Å². The molecule has 178 valence electrons. The Hall–Kier alpha value is -3.65. The number of H-pyrrole nitrogens is 1. The van der Waals surface area contributed by atoms with Crippen LogP contribution in [0, 0.1) is 6.92 Å². The summed E-state index contributed by atoms with van der Waals surface area (Å²) < 4.78 is 31.7. The molecule has 4 aromatic rings. The third-order valence-electron chi connectivity index (χ3n) is 5.12. The van der Waals surface area contributed by atoms with Gasteiger partial charge in [-0.25, -0.2) is 9.78 Å². The highest BCUT2D eigenvalue weighted by Crippen LogP contribution is 2.26. The number of nitrogens with one attached hydrogen (secondary N) is 2. The molecule has 3 N–H and O–H groups in total. The summed E-state index contributed by atoms with van der Waals surface area (Å²) >= 11 is 0. The van der Waals surface area contributed by atoms with Crippen molar-refractivity contribution in [1.29, 1.82) is 0 Å². The molecule has 0 aliphatic carbocycles. The van der Waals surface area contributed by atoms with Crippen LogP contribution in [-0.4, -0.2) is 33.3 Å². The van der Waals surface area contributed by atoms with Crippen LogP contribution < -0.4 is 5.32 Å². The van der Waals surface area contributed by atoms with Crippen LogP contribution in [-0.2, 0) is 11.3 Å². The minimum Gasteiger partial charge on any atom is -0.475 e. The van der Waals surface area contributed by atoms with Crippen LogP contribution in [0.1, 0.15) is 25.0 Å². The number of carbonyl (C=O) groups is 1. The molecule has 1 aromatic heterocycles. The Balaban J connectivity index is 0.000000406. The second kappa shape index (κ2) is 10.5. The van der Waals surface area contributed by atoms with E-state index in [1.165, 1.54) is 22.3 Å². The number of aromatic amines is 1. The molecule has 0 saturated carbocycles. The molecular formula is C26H26F3N3O2. The van der Waals surface area contributed by atoms with Gasteiger partial charge in [0.1, 0.15) is 5.82 Å². The summed E-state index contributed by atoms with van der Waals surface area (Å²) in [7, 11) is 0. The van der Waals surface area contributed by atoms with Crippen molar-refractivity contribution in [2.24, 2.45) is 0 Å². The standard InChI is InChI=1S/C24H25N3.C2HF3O2/c1-16(2)25-15-18-7-9-19(10-8-18)20-11-13-21(14-12-20)24-26-22-6-4-5-17(3)23(22)27-24;3-2(4,5)1(6)7/h4-14,16,25H,15H2,1-3H3,(H,26,27);(H,6,7). The maximum Gasteiger partial charge on any atom is 0.490 e. The lowest BCUT2D eigenvalue weighted by Crippen LogP contribution is -2.21. The topological polar surface area (TPSA) is 78.0 Å². The van der Waals surface area contributed by atoms with Gasteiger partial charge < -0.3 is 15.4 Å². The lowest BCUT2D eigenvalue weighted by atomic mass is 10.0. The van der Waals surface area contributed by atoms with Gasteiger partial charge in [-0.1, -0.05) is 74.5 Å². The number of fused-ring (bicyclic) bond motifs is 1. The van der Waals surface area contributed by atoms with E-state index in [0.29, 0.717) is 6.04 Å². The van der Waals surface area contributed by atoms with Crippen LogP contribution in [0.5, 0.6) is 0 Å². The van der Waals surface area contributed by atoms with Gasteiger partial charge >= 0.3 is 12.1 Å². The van der Waals surface area contributed by atoms with E-state index in [9.17, 15) is 13.2 Å². The van der Waals surface area contributed by atoms with Gasteiger partial charge in [0.15, 0.2) is 0 Å². The summed E-state index contributed by atoms with van der Waals surface area (Å²) in [6, 6.07) is 24.1. The molecule has 0 unspecified atom stereocenters. The Morgan fingerprint density at radius 3 is 2.00 bits per heavy atom. The van der Waals surface area contributed by atoms with Crippen LogP contribution in [0.4, 0.5) is 13.2 Å². The summed E-state index contributed by atoms with van der Waals surface area (Å²) in [4.78, 5) is 17.1. The SMILES string of the molecule is Cc1cccc2[nH]c(-c3ccc(-c4ccc(CNC(C)C)cc4)cc3)nc12.O=C(O)C(F)(F)F. The van der Waals surface area contributed by atoms with Gasteiger partial charge in [0.25, 0.3) is 0 Å². The van der Waals surface area contributed by atoms with E-state index in [1.54, 1.807) is 0 Å². The number of aromatic nitrogens is 2. The van der Waals surface area contributed by atoms with E-state index < -0.39 is 12.1 Å². The maximum atomic E-state index is 10.6. The minimum atomic E-state index is -5.08. The predicted molar refractivity (Wildman–Crippen MR) is 127 cm³/mol. The van der Waals surface area contributed by atoms with Crippen molar-refractivity contribution in [3.05, 3.63) is 77.9 Å². The highest BCUT2D eigenvalue weighted by Gasteiger charge is 2.38. The fourth-order valence-corrected chi connectivity index (χ4v) is 3.27. The molecule has 0 amide bonds. The lowest BCUT2D eigenvalue weighted by Gasteiger charge is -2.09. The first-order chi connectivity index (χ1) is 16.0. The Labute approximate surface area is 195 Å². The molecule has 0 saturated heterocycles. The number of halogens is 3. The summed E-state index contributed by atoms with van der Waals surface area (Å²) in [5.41, 5.74) is 8.18. The largest absolute Gasteiger partial charge is 0.490 e. The Morgan fingerprint density at radius 2 is 1.50 bits per heavy atom. The number of aryl methyl sites for hydroxylation is 1. The van der Waals surface area contributed by atoms with Crippen molar-refractivity contribution < 1.29 is 23.1 Å². The molecule has 0 aliphatic heterocycles. The molecule has 8 heteroatoms. The maximum absolute atomic E-state index is 10.6. The number of carboxylic acids is 1. The van der Waals surface area contributed by atoms with Crippen molar-refractivity contribution in [3.63, 3.8) is 0 Å². The van der Waals surface area contributed by atoms with Gasteiger partial charge in [-0.2, -0.15) is 13.2 Å². The zero-order valence-corrected chi connectivity index (χ0v) is 19.1. The van der Waals surface area contributed by atoms with Gasteiger partial charge in [0.05, 0.1) is 11.0 Å². The lowest BCUT2D eigenvalue weighted by molar-refractivity contribution is -0.192. The van der Waals surface area contributed by atoms with E-state index in [2.05, 4.69) is 97.8 Å². The normalized spacial score (nSPS) is 11.4. The number of imidazole rings is 1. The molecule has 0 fully saturated rings. The molecule has 0 radical (unpaired) electrons. The molecule has 4 rings (SSSR count). The first-order valence-corrected chi connectivity index (χ1v) is 10.7. The van der Waals surface area contributed by atoms with Gasteiger partial charge in [-0.3, -0.25) is 0 Å². The van der Waals surface area contributed by atoms with Crippen LogP contribution in [0.25, 0.3) is 33.5 Å². The molecule has 34 heavy (non-hydrogen) atoms. The summed E-state index contributed by atoms with van der Waals surface area (Å²) in [6.45, 7) is 7.33. The second-order valence-corrected chi connectivity index (χ2v) is 8.17. The van der Waals surface area contributed by atoms with Gasteiger partial charge in [-0.05, 0) is 35.2 Å². The average molecular weight is 470 g/mol. The molecule has 0 spiro atoms. The second-order valence-electron chi connectivity index (χ2n) is 8.17. The van der Waals surface area contributed by atoms with Crippen molar-refractivity contribution in [2.45, 2.75) is 39.5 Å². The molecule has 3 aromatic carbocycles. The number of hydrogen-bond acceptors (Lipinski definition) is 3. The first kappa shape index (κ1) is 25.0. The zero-order chi connectivity index (χ0) is 24.9. The van der Waals surface area contributed by atoms with E-state index >= 15 is 0 Å². The fraction of sp³-hybridized carbons (Fsp3) is 0.231.